The summed E-state index contributed by atoms with van der Waals surface area (Å²) >= 11 is 0. The maximum atomic E-state index is 5.76. The molecule has 1 fully saturated rings. The number of benzene rings is 1. The standard InChI is InChI=1S/C16H23NO/c1-2-12-7-3-5-9-14(12)17-15-11-18-16-10-6-4-8-13(15)16/h4,6,8,10,12,14-15,17H,2-3,5,7,9,11H2,1H3. The van der Waals surface area contributed by atoms with Crippen LogP contribution in [0.15, 0.2) is 24.3 Å². The third kappa shape index (κ3) is 2.26. The predicted octanol–water partition coefficient (Wildman–Crippen LogP) is 3.68. The van der Waals surface area contributed by atoms with Crippen molar-refractivity contribution in [3.63, 3.8) is 0 Å². The highest BCUT2D eigenvalue weighted by atomic mass is 16.5. The molecule has 3 atom stereocenters. The van der Waals surface area contributed by atoms with Gasteiger partial charge in [-0.05, 0) is 24.8 Å². The lowest BCUT2D eigenvalue weighted by atomic mass is 9.82. The first-order valence-electron chi connectivity index (χ1n) is 7.36. The molecular weight excluding hydrogens is 222 g/mol. The molecule has 1 aromatic carbocycles. The topological polar surface area (TPSA) is 21.3 Å². The van der Waals surface area contributed by atoms with Crippen molar-refractivity contribution in [2.24, 2.45) is 5.92 Å². The highest BCUT2D eigenvalue weighted by Gasteiger charge is 2.30. The van der Waals surface area contributed by atoms with Crippen LogP contribution in [-0.2, 0) is 0 Å². The van der Waals surface area contributed by atoms with Crippen LogP contribution in [-0.4, -0.2) is 12.6 Å². The summed E-state index contributed by atoms with van der Waals surface area (Å²) in [6.45, 7) is 3.12. The van der Waals surface area contributed by atoms with Gasteiger partial charge in [0.15, 0.2) is 0 Å². The highest BCUT2D eigenvalue weighted by molar-refractivity contribution is 5.39. The molecule has 1 saturated carbocycles. The largest absolute Gasteiger partial charge is 0.491 e. The molecule has 0 aromatic heterocycles. The molecule has 2 heteroatoms. The van der Waals surface area contributed by atoms with Crippen molar-refractivity contribution < 1.29 is 4.74 Å². The lowest BCUT2D eigenvalue weighted by Gasteiger charge is -2.33. The van der Waals surface area contributed by atoms with Crippen LogP contribution >= 0.6 is 0 Å². The second-order valence-electron chi connectivity index (χ2n) is 5.63. The van der Waals surface area contributed by atoms with E-state index in [1.165, 1.54) is 37.7 Å². The molecule has 0 spiro atoms. The summed E-state index contributed by atoms with van der Waals surface area (Å²) in [5, 5.41) is 3.85. The van der Waals surface area contributed by atoms with Gasteiger partial charge in [0.05, 0.1) is 6.04 Å². The van der Waals surface area contributed by atoms with Gasteiger partial charge < -0.3 is 10.1 Å². The fourth-order valence-corrected chi connectivity index (χ4v) is 3.47. The van der Waals surface area contributed by atoms with Crippen LogP contribution in [0.2, 0.25) is 0 Å². The summed E-state index contributed by atoms with van der Waals surface area (Å²) in [7, 11) is 0. The van der Waals surface area contributed by atoms with Gasteiger partial charge >= 0.3 is 0 Å². The van der Waals surface area contributed by atoms with Crippen molar-refractivity contribution in [3.05, 3.63) is 29.8 Å². The van der Waals surface area contributed by atoms with Crippen LogP contribution in [0.4, 0.5) is 0 Å². The molecule has 1 aliphatic heterocycles. The molecule has 1 aliphatic carbocycles. The van der Waals surface area contributed by atoms with Gasteiger partial charge in [-0.1, -0.05) is 44.4 Å². The van der Waals surface area contributed by atoms with E-state index in [9.17, 15) is 0 Å². The predicted molar refractivity (Wildman–Crippen MR) is 73.9 cm³/mol. The Balaban J connectivity index is 1.70. The number of hydrogen-bond acceptors (Lipinski definition) is 2. The molecule has 1 heterocycles. The second kappa shape index (κ2) is 5.31. The zero-order valence-corrected chi connectivity index (χ0v) is 11.2. The van der Waals surface area contributed by atoms with Crippen LogP contribution in [0.1, 0.15) is 50.6 Å². The average Bonchev–Trinajstić information content (AvgIpc) is 2.83. The van der Waals surface area contributed by atoms with Crippen LogP contribution in [0.3, 0.4) is 0 Å². The van der Waals surface area contributed by atoms with Crippen LogP contribution in [0, 0.1) is 5.92 Å². The van der Waals surface area contributed by atoms with Crippen molar-refractivity contribution in [2.75, 3.05) is 6.61 Å². The maximum absolute atomic E-state index is 5.76. The molecule has 3 rings (SSSR count). The van der Waals surface area contributed by atoms with Crippen molar-refractivity contribution in [1.82, 2.24) is 5.32 Å². The molecule has 0 bridgehead atoms. The van der Waals surface area contributed by atoms with Crippen molar-refractivity contribution in [2.45, 2.75) is 51.1 Å². The first kappa shape index (κ1) is 12.0. The Labute approximate surface area is 110 Å². The van der Waals surface area contributed by atoms with Gasteiger partial charge in [0.1, 0.15) is 12.4 Å². The van der Waals surface area contributed by atoms with E-state index in [1.807, 2.05) is 0 Å². The average molecular weight is 245 g/mol. The van der Waals surface area contributed by atoms with Crippen molar-refractivity contribution in [3.8, 4) is 5.75 Å². The van der Waals surface area contributed by atoms with E-state index in [0.29, 0.717) is 12.1 Å². The third-order valence-electron chi connectivity index (χ3n) is 4.55. The van der Waals surface area contributed by atoms with Gasteiger partial charge in [-0.15, -0.1) is 0 Å². The Morgan fingerprint density at radius 3 is 2.94 bits per heavy atom. The van der Waals surface area contributed by atoms with Gasteiger partial charge in [0.25, 0.3) is 0 Å². The van der Waals surface area contributed by atoms with Crippen molar-refractivity contribution in [1.29, 1.82) is 0 Å². The summed E-state index contributed by atoms with van der Waals surface area (Å²) in [6.07, 6.45) is 6.81. The lowest BCUT2D eigenvalue weighted by molar-refractivity contribution is 0.218. The minimum Gasteiger partial charge on any atom is -0.491 e. The number of ether oxygens (including phenoxy) is 1. The van der Waals surface area contributed by atoms with E-state index < -0.39 is 0 Å². The van der Waals surface area contributed by atoms with Gasteiger partial charge in [0, 0.05) is 11.6 Å². The SMILES string of the molecule is CCC1CCCCC1NC1COc2ccccc21. The van der Waals surface area contributed by atoms with Crippen LogP contribution < -0.4 is 10.1 Å². The quantitative estimate of drug-likeness (QED) is 0.877. The Hall–Kier alpha value is -1.02. The van der Waals surface area contributed by atoms with E-state index in [-0.39, 0.29) is 0 Å². The van der Waals surface area contributed by atoms with Crippen molar-refractivity contribution >= 4 is 0 Å². The van der Waals surface area contributed by atoms with Gasteiger partial charge in [-0.25, -0.2) is 0 Å². The summed E-state index contributed by atoms with van der Waals surface area (Å²) in [5.41, 5.74) is 1.35. The zero-order chi connectivity index (χ0) is 12.4. The molecule has 2 nitrogen and oxygen atoms in total. The van der Waals surface area contributed by atoms with E-state index in [2.05, 4.69) is 36.5 Å². The van der Waals surface area contributed by atoms with E-state index in [1.54, 1.807) is 0 Å². The van der Waals surface area contributed by atoms with E-state index in [0.717, 1.165) is 18.3 Å². The number of rotatable bonds is 3. The van der Waals surface area contributed by atoms with Gasteiger partial charge in [-0.2, -0.15) is 0 Å². The molecule has 1 aromatic rings. The van der Waals surface area contributed by atoms with Gasteiger partial charge in [0.2, 0.25) is 0 Å². The Bertz CT molecular complexity index is 404. The highest BCUT2D eigenvalue weighted by Crippen LogP contribution is 2.34. The summed E-state index contributed by atoms with van der Waals surface area (Å²) in [4.78, 5) is 0. The molecule has 98 valence electrons. The number of hydrogen-bond donors (Lipinski definition) is 1. The molecular formula is C16H23NO. The zero-order valence-electron chi connectivity index (χ0n) is 11.2. The Kier molecular flexibility index (Phi) is 3.55. The first-order chi connectivity index (χ1) is 8.88. The fraction of sp³-hybridized carbons (Fsp3) is 0.625. The summed E-state index contributed by atoms with van der Waals surface area (Å²) in [5.74, 6) is 1.92. The summed E-state index contributed by atoms with van der Waals surface area (Å²) in [6, 6.07) is 9.53. The van der Waals surface area contributed by atoms with Gasteiger partial charge in [-0.3, -0.25) is 0 Å². The van der Waals surface area contributed by atoms with E-state index >= 15 is 0 Å². The molecule has 18 heavy (non-hydrogen) atoms. The minimum atomic E-state index is 0.401. The lowest BCUT2D eigenvalue weighted by Crippen LogP contribution is -2.41. The van der Waals surface area contributed by atoms with Crippen LogP contribution in [0.25, 0.3) is 0 Å². The molecule has 0 radical (unpaired) electrons. The molecule has 3 unspecified atom stereocenters. The Morgan fingerprint density at radius 1 is 1.22 bits per heavy atom. The number of para-hydroxylation sites is 1. The molecule has 0 amide bonds. The fourth-order valence-electron chi connectivity index (χ4n) is 3.47. The summed E-state index contributed by atoms with van der Waals surface area (Å²) < 4.78 is 5.76. The molecule has 0 saturated heterocycles. The monoisotopic (exact) mass is 245 g/mol. The minimum absolute atomic E-state index is 0.401. The normalized spacial score (nSPS) is 30.8. The maximum Gasteiger partial charge on any atom is 0.124 e. The molecule has 1 N–H and O–H groups in total. The number of fused-ring (bicyclic) bond motifs is 1. The first-order valence-corrected chi connectivity index (χ1v) is 7.36. The number of nitrogens with one attached hydrogen (secondary N) is 1. The van der Waals surface area contributed by atoms with Crippen LogP contribution in [0.5, 0.6) is 5.75 Å². The Morgan fingerprint density at radius 2 is 2.06 bits per heavy atom. The molecule has 2 aliphatic rings. The smallest absolute Gasteiger partial charge is 0.124 e. The third-order valence-corrected chi connectivity index (χ3v) is 4.55. The second-order valence-corrected chi connectivity index (χ2v) is 5.63. The van der Waals surface area contributed by atoms with E-state index in [4.69, 9.17) is 4.74 Å².